The zero-order valence-electron chi connectivity index (χ0n) is 11.0. The van der Waals surface area contributed by atoms with Gasteiger partial charge in [-0.2, -0.15) is 0 Å². The minimum Gasteiger partial charge on any atom is -0.353 e. The van der Waals surface area contributed by atoms with Crippen molar-refractivity contribution in [1.82, 2.24) is 15.5 Å². The zero-order chi connectivity index (χ0) is 12.3. The Morgan fingerprint density at radius 3 is 2.65 bits per heavy atom. The lowest BCUT2D eigenvalue weighted by Gasteiger charge is -2.20. The average Bonchev–Trinajstić information content (AvgIpc) is 2.94. The van der Waals surface area contributed by atoms with Gasteiger partial charge >= 0.3 is 0 Å². The first kappa shape index (κ1) is 12.8. The van der Waals surface area contributed by atoms with Crippen molar-refractivity contribution in [2.75, 3.05) is 19.6 Å². The van der Waals surface area contributed by atoms with Crippen LogP contribution in [-0.4, -0.2) is 48.6 Å². The quantitative estimate of drug-likeness (QED) is 0.718. The molecule has 0 radical (unpaired) electrons. The summed E-state index contributed by atoms with van der Waals surface area (Å²) in [6.07, 6.45) is 4.17. The van der Waals surface area contributed by atoms with Crippen LogP contribution in [0.25, 0.3) is 0 Å². The highest BCUT2D eigenvalue weighted by atomic mass is 16.1. The summed E-state index contributed by atoms with van der Waals surface area (Å²) in [7, 11) is 0. The molecule has 1 amide bonds. The number of carbonyl (C=O) groups excluding carboxylic acids is 1. The number of amides is 1. The zero-order valence-corrected chi connectivity index (χ0v) is 11.0. The number of hydrogen-bond acceptors (Lipinski definition) is 3. The van der Waals surface area contributed by atoms with Crippen LogP contribution in [0, 0.1) is 0 Å². The first-order chi connectivity index (χ1) is 8.15. The molecule has 0 bridgehead atoms. The first-order valence-corrected chi connectivity index (χ1v) is 6.92. The van der Waals surface area contributed by atoms with Crippen molar-refractivity contribution >= 4 is 5.91 Å². The lowest BCUT2D eigenvalue weighted by molar-refractivity contribution is -0.121. The third-order valence-electron chi connectivity index (χ3n) is 3.68. The van der Waals surface area contributed by atoms with Gasteiger partial charge in [-0.25, -0.2) is 0 Å². The molecule has 2 fully saturated rings. The molecule has 2 aliphatic rings. The molecule has 0 aromatic carbocycles. The Hall–Kier alpha value is -0.610. The van der Waals surface area contributed by atoms with Crippen molar-refractivity contribution in [3.63, 3.8) is 0 Å². The SMILES string of the molecule is CC(C)N1CCC(NCCC(=O)NC2CC2)C1. The summed E-state index contributed by atoms with van der Waals surface area (Å²) in [6.45, 7) is 7.61. The maximum atomic E-state index is 11.5. The predicted octanol–water partition coefficient (Wildman–Crippen LogP) is 0.727. The van der Waals surface area contributed by atoms with E-state index in [2.05, 4.69) is 29.4 Å². The number of nitrogens with one attached hydrogen (secondary N) is 2. The van der Waals surface area contributed by atoms with Gasteiger partial charge in [0.15, 0.2) is 0 Å². The molecule has 4 heteroatoms. The van der Waals surface area contributed by atoms with Crippen LogP contribution in [0.15, 0.2) is 0 Å². The number of hydrogen-bond donors (Lipinski definition) is 2. The third-order valence-corrected chi connectivity index (χ3v) is 3.68. The van der Waals surface area contributed by atoms with Crippen LogP contribution in [0.2, 0.25) is 0 Å². The van der Waals surface area contributed by atoms with Gasteiger partial charge in [0, 0.05) is 37.6 Å². The molecule has 1 unspecified atom stereocenters. The number of nitrogens with zero attached hydrogens (tertiary/aromatic N) is 1. The lowest BCUT2D eigenvalue weighted by atomic mass is 10.2. The molecular weight excluding hydrogens is 214 g/mol. The van der Waals surface area contributed by atoms with Crippen molar-refractivity contribution in [2.45, 2.75) is 57.7 Å². The molecule has 4 nitrogen and oxygen atoms in total. The monoisotopic (exact) mass is 239 g/mol. The Bertz CT molecular complexity index is 263. The Morgan fingerprint density at radius 1 is 1.29 bits per heavy atom. The van der Waals surface area contributed by atoms with E-state index in [1.54, 1.807) is 0 Å². The highest BCUT2D eigenvalue weighted by Crippen LogP contribution is 2.18. The maximum absolute atomic E-state index is 11.5. The second-order valence-electron chi connectivity index (χ2n) is 5.62. The van der Waals surface area contributed by atoms with Crippen molar-refractivity contribution in [1.29, 1.82) is 0 Å². The minimum atomic E-state index is 0.207. The summed E-state index contributed by atoms with van der Waals surface area (Å²) in [6, 6.07) is 1.71. The first-order valence-electron chi connectivity index (χ1n) is 6.92. The molecule has 1 atom stereocenters. The topological polar surface area (TPSA) is 44.4 Å². The van der Waals surface area contributed by atoms with E-state index in [0.717, 1.165) is 13.1 Å². The van der Waals surface area contributed by atoms with Crippen LogP contribution in [0.3, 0.4) is 0 Å². The molecule has 1 saturated carbocycles. The van der Waals surface area contributed by atoms with Crippen LogP contribution >= 0.6 is 0 Å². The normalized spacial score (nSPS) is 25.5. The highest BCUT2D eigenvalue weighted by molar-refractivity contribution is 5.76. The van der Waals surface area contributed by atoms with Gasteiger partial charge in [-0.05, 0) is 39.7 Å². The molecule has 2 rings (SSSR count). The Balaban J connectivity index is 1.54. The van der Waals surface area contributed by atoms with Crippen molar-refractivity contribution < 1.29 is 4.79 Å². The second kappa shape index (κ2) is 5.83. The molecule has 0 aromatic rings. The molecule has 2 N–H and O–H groups in total. The van der Waals surface area contributed by atoms with Gasteiger partial charge in [0.05, 0.1) is 0 Å². The second-order valence-corrected chi connectivity index (χ2v) is 5.62. The Morgan fingerprint density at radius 2 is 2.06 bits per heavy atom. The molecule has 0 spiro atoms. The fraction of sp³-hybridized carbons (Fsp3) is 0.923. The van der Waals surface area contributed by atoms with E-state index < -0.39 is 0 Å². The van der Waals surface area contributed by atoms with E-state index in [4.69, 9.17) is 0 Å². The highest BCUT2D eigenvalue weighted by Gasteiger charge is 2.25. The number of likely N-dealkylation sites (tertiary alicyclic amines) is 1. The fourth-order valence-electron chi connectivity index (χ4n) is 2.34. The van der Waals surface area contributed by atoms with E-state index in [9.17, 15) is 4.79 Å². The van der Waals surface area contributed by atoms with Crippen molar-refractivity contribution in [3.8, 4) is 0 Å². The van der Waals surface area contributed by atoms with E-state index in [0.29, 0.717) is 24.5 Å². The van der Waals surface area contributed by atoms with E-state index in [1.807, 2.05) is 0 Å². The van der Waals surface area contributed by atoms with Crippen molar-refractivity contribution in [3.05, 3.63) is 0 Å². The molecule has 1 heterocycles. The van der Waals surface area contributed by atoms with Crippen LogP contribution < -0.4 is 10.6 Å². The van der Waals surface area contributed by atoms with E-state index in [-0.39, 0.29) is 5.91 Å². The van der Waals surface area contributed by atoms with Gasteiger partial charge in [0.2, 0.25) is 5.91 Å². The molecular formula is C13H25N3O. The van der Waals surface area contributed by atoms with E-state index >= 15 is 0 Å². The van der Waals surface area contributed by atoms with Crippen molar-refractivity contribution in [2.24, 2.45) is 0 Å². The predicted molar refractivity (Wildman–Crippen MR) is 68.9 cm³/mol. The summed E-state index contributed by atoms with van der Waals surface area (Å²) in [5.41, 5.74) is 0. The summed E-state index contributed by atoms with van der Waals surface area (Å²) in [4.78, 5) is 14.0. The van der Waals surface area contributed by atoms with Crippen LogP contribution in [0.4, 0.5) is 0 Å². The number of rotatable bonds is 6. The number of carbonyl (C=O) groups is 1. The summed E-state index contributed by atoms with van der Waals surface area (Å²) in [5, 5.41) is 6.51. The van der Waals surface area contributed by atoms with Crippen LogP contribution in [-0.2, 0) is 4.79 Å². The molecule has 1 aliphatic heterocycles. The smallest absolute Gasteiger partial charge is 0.221 e. The van der Waals surface area contributed by atoms with Crippen LogP contribution in [0.5, 0.6) is 0 Å². The van der Waals surface area contributed by atoms with E-state index in [1.165, 1.54) is 25.8 Å². The molecule has 17 heavy (non-hydrogen) atoms. The van der Waals surface area contributed by atoms with Gasteiger partial charge in [-0.15, -0.1) is 0 Å². The van der Waals surface area contributed by atoms with Gasteiger partial charge in [0.1, 0.15) is 0 Å². The Labute approximate surface area is 104 Å². The summed E-state index contributed by atoms with van der Waals surface area (Å²) in [5.74, 6) is 0.207. The third kappa shape index (κ3) is 4.28. The van der Waals surface area contributed by atoms with Gasteiger partial charge < -0.3 is 10.6 Å². The standard InChI is InChI=1S/C13H25N3O/c1-10(2)16-8-6-12(9-16)14-7-5-13(17)15-11-3-4-11/h10-12,14H,3-9H2,1-2H3,(H,15,17). The maximum Gasteiger partial charge on any atom is 0.221 e. The molecule has 1 saturated heterocycles. The largest absolute Gasteiger partial charge is 0.353 e. The molecule has 98 valence electrons. The van der Waals surface area contributed by atoms with Gasteiger partial charge in [-0.3, -0.25) is 9.69 Å². The molecule has 0 aromatic heterocycles. The van der Waals surface area contributed by atoms with Crippen LogP contribution in [0.1, 0.15) is 39.5 Å². The molecule has 1 aliphatic carbocycles. The van der Waals surface area contributed by atoms with Gasteiger partial charge in [0.25, 0.3) is 0 Å². The average molecular weight is 239 g/mol. The summed E-state index contributed by atoms with van der Waals surface area (Å²) < 4.78 is 0. The lowest BCUT2D eigenvalue weighted by Crippen LogP contribution is -2.37. The van der Waals surface area contributed by atoms with Gasteiger partial charge in [-0.1, -0.05) is 0 Å². The minimum absolute atomic E-state index is 0.207. The fourth-order valence-corrected chi connectivity index (χ4v) is 2.34. The summed E-state index contributed by atoms with van der Waals surface area (Å²) >= 11 is 0. The Kier molecular flexibility index (Phi) is 4.40.